The van der Waals surface area contributed by atoms with Gasteiger partial charge in [0.05, 0.1) is 12.5 Å². The average Bonchev–Trinajstić information content (AvgIpc) is 2.97. The first kappa shape index (κ1) is 13.3. The molecule has 4 heteroatoms. The van der Waals surface area contributed by atoms with E-state index in [0.29, 0.717) is 12.3 Å². The topological polar surface area (TPSA) is 29.1 Å². The number of nitrogens with one attached hydrogen (secondary N) is 1. The van der Waals surface area contributed by atoms with Crippen molar-refractivity contribution in [3.05, 3.63) is 44.8 Å². The van der Waals surface area contributed by atoms with E-state index in [0.717, 1.165) is 4.88 Å². The van der Waals surface area contributed by atoms with Gasteiger partial charge in [-0.1, -0.05) is 26.0 Å². The van der Waals surface area contributed by atoms with Crippen LogP contribution >= 0.6 is 22.7 Å². The maximum Gasteiger partial charge on any atom is 0.225 e. The second kappa shape index (κ2) is 6.16. The van der Waals surface area contributed by atoms with Crippen molar-refractivity contribution in [2.24, 2.45) is 5.92 Å². The van der Waals surface area contributed by atoms with Crippen LogP contribution in [0.3, 0.4) is 0 Å². The van der Waals surface area contributed by atoms with Gasteiger partial charge in [-0.25, -0.2) is 0 Å². The summed E-state index contributed by atoms with van der Waals surface area (Å²) in [5, 5.41) is 7.19. The van der Waals surface area contributed by atoms with E-state index in [9.17, 15) is 4.79 Å². The Bertz CT molecular complexity index is 474. The Morgan fingerprint density at radius 1 is 1.22 bits per heavy atom. The highest BCUT2D eigenvalue weighted by atomic mass is 32.1. The molecular formula is C14H17NOS2. The van der Waals surface area contributed by atoms with Crippen molar-refractivity contribution < 1.29 is 4.79 Å². The molecule has 0 bridgehead atoms. The number of carbonyl (C=O) groups is 1. The zero-order valence-electron chi connectivity index (χ0n) is 10.6. The van der Waals surface area contributed by atoms with Crippen LogP contribution in [0.5, 0.6) is 0 Å². The van der Waals surface area contributed by atoms with Gasteiger partial charge >= 0.3 is 0 Å². The molecule has 0 aromatic carbocycles. The predicted molar refractivity (Wildman–Crippen MR) is 78.1 cm³/mol. The number of carbonyl (C=O) groups excluding carboxylic acids is 1. The Kier molecular flexibility index (Phi) is 4.55. The van der Waals surface area contributed by atoms with Crippen molar-refractivity contribution in [1.29, 1.82) is 0 Å². The van der Waals surface area contributed by atoms with Crippen molar-refractivity contribution in [1.82, 2.24) is 5.32 Å². The first-order chi connectivity index (χ1) is 8.66. The van der Waals surface area contributed by atoms with E-state index < -0.39 is 0 Å². The summed E-state index contributed by atoms with van der Waals surface area (Å²) in [4.78, 5) is 14.4. The van der Waals surface area contributed by atoms with Crippen LogP contribution in [0.15, 0.2) is 35.0 Å². The minimum absolute atomic E-state index is 0.101. The van der Waals surface area contributed by atoms with E-state index in [2.05, 4.69) is 30.6 Å². The number of rotatable bonds is 5. The predicted octanol–water partition coefficient (Wildman–Crippen LogP) is 3.87. The lowest BCUT2D eigenvalue weighted by Crippen LogP contribution is -2.32. The second-order valence-corrected chi connectivity index (χ2v) is 6.57. The molecule has 1 unspecified atom stereocenters. The summed E-state index contributed by atoms with van der Waals surface area (Å²) in [6.45, 7) is 4.27. The fraction of sp³-hybridized carbons (Fsp3) is 0.357. The molecule has 2 heterocycles. The molecule has 96 valence electrons. The van der Waals surface area contributed by atoms with Crippen LogP contribution in [0, 0.1) is 5.92 Å². The van der Waals surface area contributed by atoms with Crippen LogP contribution in [0.1, 0.15) is 29.6 Å². The molecule has 0 spiro atoms. The van der Waals surface area contributed by atoms with E-state index in [4.69, 9.17) is 0 Å². The van der Waals surface area contributed by atoms with Crippen LogP contribution in [-0.2, 0) is 11.2 Å². The average molecular weight is 279 g/mol. The first-order valence-electron chi connectivity index (χ1n) is 6.02. The molecule has 0 aliphatic rings. The normalized spacial score (nSPS) is 12.6. The zero-order chi connectivity index (χ0) is 13.0. The summed E-state index contributed by atoms with van der Waals surface area (Å²) in [5.41, 5.74) is 0. The van der Waals surface area contributed by atoms with E-state index in [1.165, 1.54) is 4.88 Å². The van der Waals surface area contributed by atoms with Crippen molar-refractivity contribution in [2.75, 3.05) is 0 Å². The molecule has 1 amide bonds. The van der Waals surface area contributed by atoms with Crippen LogP contribution < -0.4 is 5.32 Å². The minimum Gasteiger partial charge on any atom is -0.348 e. The summed E-state index contributed by atoms with van der Waals surface area (Å²) in [5.74, 6) is 0.500. The standard InChI is InChI=1S/C14H17NOS2/c1-10(2)14(12-6-4-8-18-12)15-13(16)9-11-5-3-7-17-11/h3-8,10,14H,9H2,1-2H3,(H,15,16). The van der Waals surface area contributed by atoms with Gasteiger partial charge in [0.25, 0.3) is 0 Å². The van der Waals surface area contributed by atoms with E-state index >= 15 is 0 Å². The summed E-state index contributed by atoms with van der Waals surface area (Å²) in [6, 6.07) is 8.21. The van der Waals surface area contributed by atoms with Gasteiger partial charge in [-0.2, -0.15) is 0 Å². The molecule has 1 N–H and O–H groups in total. The third-order valence-electron chi connectivity index (χ3n) is 2.75. The van der Waals surface area contributed by atoms with Crippen LogP contribution in [0.25, 0.3) is 0 Å². The maximum atomic E-state index is 12.0. The third-order valence-corrected chi connectivity index (χ3v) is 4.58. The van der Waals surface area contributed by atoms with Gasteiger partial charge in [0.2, 0.25) is 5.91 Å². The fourth-order valence-electron chi connectivity index (χ4n) is 1.83. The zero-order valence-corrected chi connectivity index (χ0v) is 12.2. The Labute approximate surface area is 116 Å². The number of thiophene rings is 2. The Hall–Kier alpha value is -1.13. The molecular weight excluding hydrogens is 262 g/mol. The summed E-state index contributed by atoms with van der Waals surface area (Å²) < 4.78 is 0. The van der Waals surface area contributed by atoms with Crippen molar-refractivity contribution in [3.8, 4) is 0 Å². The third kappa shape index (κ3) is 3.43. The van der Waals surface area contributed by atoms with Gasteiger partial charge in [0, 0.05) is 9.75 Å². The molecule has 2 aromatic heterocycles. The Morgan fingerprint density at radius 3 is 2.50 bits per heavy atom. The lowest BCUT2D eigenvalue weighted by molar-refractivity contribution is -0.121. The smallest absolute Gasteiger partial charge is 0.225 e. The molecule has 2 nitrogen and oxygen atoms in total. The van der Waals surface area contributed by atoms with Gasteiger partial charge in [-0.3, -0.25) is 4.79 Å². The van der Waals surface area contributed by atoms with Crippen molar-refractivity contribution in [3.63, 3.8) is 0 Å². The minimum atomic E-state index is 0.101. The Morgan fingerprint density at radius 2 is 1.94 bits per heavy atom. The van der Waals surface area contributed by atoms with Gasteiger partial charge in [0.1, 0.15) is 0 Å². The lowest BCUT2D eigenvalue weighted by atomic mass is 10.0. The van der Waals surface area contributed by atoms with Crippen molar-refractivity contribution in [2.45, 2.75) is 26.3 Å². The number of hydrogen-bond donors (Lipinski definition) is 1. The molecule has 0 fully saturated rings. The van der Waals surface area contributed by atoms with Gasteiger partial charge in [-0.15, -0.1) is 22.7 Å². The summed E-state index contributed by atoms with van der Waals surface area (Å²) >= 11 is 3.32. The van der Waals surface area contributed by atoms with Crippen LogP contribution in [0.4, 0.5) is 0 Å². The van der Waals surface area contributed by atoms with Gasteiger partial charge in [0.15, 0.2) is 0 Å². The van der Waals surface area contributed by atoms with E-state index in [1.807, 2.05) is 23.6 Å². The monoisotopic (exact) mass is 279 g/mol. The number of hydrogen-bond acceptors (Lipinski definition) is 3. The largest absolute Gasteiger partial charge is 0.348 e. The molecule has 0 aliphatic carbocycles. The van der Waals surface area contributed by atoms with Crippen LogP contribution in [0.2, 0.25) is 0 Å². The summed E-state index contributed by atoms with van der Waals surface area (Å²) in [6.07, 6.45) is 0.478. The number of amides is 1. The molecule has 0 saturated heterocycles. The molecule has 18 heavy (non-hydrogen) atoms. The maximum absolute atomic E-state index is 12.0. The molecule has 0 radical (unpaired) electrons. The van der Waals surface area contributed by atoms with Crippen LogP contribution in [-0.4, -0.2) is 5.91 Å². The summed E-state index contributed by atoms with van der Waals surface area (Å²) in [7, 11) is 0. The lowest BCUT2D eigenvalue weighted by Gasteiger charge is -2.21. The molecule has 2 rings (SSSR count). The highest BCUT2D eigenvalue weighted by Gasteiger charge is 2.19. The molecule has 0 aliphatic heterocycles. The van der Waals surface area contributed by atoms with E-state index in [1.54, 1.807) is 22.7 Å². The first-order valence-corrected chi connectivity index (χ1v) is 7.78. The van der Waals surface area contributed by atoms with Gasteiger partial charge in [-0.05, 0) is 28.8 Å². The Balaban J connectivity index is 1.99. The molecule has 1 atom stereocenters. The molecule has 0 saturated carbocycles. The van der Waals surface area contributed by atoms with Crippen molar-refractivity contribution >= 4 is 28.6 Å². The fourth-order valence-corrected chi connectivity index (χ4v) is 3.48. The van der Waals surface area contributed by atoms with Gasteiger partial charge < -0.3 is 5.32 Å². The highest BCUT2D eigenvalue weighted by molar-refractivity contribution is 7.10. The SMILES string of the molecule is CC(C)C(NC(=O)Cc1cccs1)c1cccs1. The molecule has 2 aromatic rings. The van der Waals surface area contributed by atoms with E-state index in [-0.39, 0.29) is 11.9 Å². The highest BCUT2D eigenvalue weighted by Crippen LogP contribution is 2.25. The quantitative estimate of drug-likeness (QED) is 0.884. The second-order valence-electron chi connectivity index (χ2n) is 4.56.